The van der Waals surface area contributed by atoms with Gasteiger partial charge < -0.3 is 14.2 Å². The van der Waals surface area contributed by atoms with Crippen LogP contribution < -0.4 is 9.47 Å². The summed E-state index contributed by atoms with van der Waals surface area (Å²) in [6, 6.07) is 5.60. The molecule has 4 rings (SSSR count). The van der Waals surface area contributed by atoms with Crippen molar-refractivity contribution in [3.05, 3.63) is 35.0 Å². The second kappa shape index (κ2) is 8.62. The fourth-order valence-corrected chi connectivity index (χ4v) is 4.96. The standard InChI is InChI=1S/C24H29NO5/c1-14-21(24(27)30-16-7-4-5-8-16)22(23-17(25-14)9-6-10-18(23)26)15-11-12-19(28-2)20(13-15)29-3/h11-13,16,21-22H,4-10H2,1-3H3/t21?,22-/m1/s1. The minimum atomic E-state index is -0.607. The number of methoxy groups -OCH3 is 2. The fourth-order valence-electron chi connectivity index (χ4n) is 4.96. The Morgan fingerprint density at radius 3 is 2.47 bits per heavy atom. The second-order valence-electron chi connectivity index (χ2n) is 8.30. The Morgan fingerprint density at radius 1 is 1.03 bits per heavy atom. The second-order valence-corrected chi connectivity index (χ2v) is 8.30. The molecule has 0 spiro atoms. The Bertz CT molecular complexity index is 910. The summed E-state index contributed by atoms with van der Waals surface area (Å²) in [7, 11) is 3.17. The van der Waals surface area contributed by atoms with Gasteiger partial charge in [0.05, 0.1) is 14.2 Å². The Hall–Kier alpha value is -2.63. The van der Waals surface area contributed by atoms with Gasteiger partial charge in [-0.1, -0.05) is 6.07 Å². The predicted octanol–water partition coefficient (Wildman–Crippen LogP) is 4.37. The number of hydrogen-bond donors (Lipinski definition) is 0. The van der Waals surface area contributed by atoms with Gasteiger partial charge in [-0.25, -0.2) is 0 Å². The van der Waals surface area contributed by atoms with Crippen LogP contribution in [0.25, 0.3) is 0 Å². The van der Waals surface area contributed by atoms with E-state index in [1.165, 1.54) is 0 Å². The van der Waals surface area contributed by atoms with E-state index in [1.807, 2.05) is 25.1 Å². The van der Waals surface area contributed by atoms with Crippen LogP contribution in [0.4, 0.5) is 0 Å². The van der Waals surface area contributed by atoms with Gasteiger partial charge in [0.25, 0.3) is 0 Å². The lowest BCUT2D eigenvalue weighted by Crippen LogP contribution is -2.38. The van der Waals surface area contributed by atoms with Gasteiger partial charge in [-0.3, -0.25) is 14.6 Å². The largest absolute Gasteiger partial charge is 0.493 e. The van der Waals surface area contributed by atoms with Crippen molar-refractivity contribution in [1.82, 2.24) is 0 Å². The lowest BCUT2D eigenvalue weighted by molar-refractivity contribution is -0.151. The van der Waals surface area contributed by atoms with Crippen LogP contribution in [0, 0.1) is 5.92 Å². The maximum atomic E-state index is 13.3. The molecule has 1 fully saturated rings. The molecule has 30 heavy (non-hydrogen) atoms. The van der Waals surface area contributed by atoms with Gasteiger partial charge >= 0.3 is 5.97 Å². The van der Waals surface area contributed by atoms with Crippen LogP contribution in [-0.2, 0) is 14.3 Å². The van der Waals surface area contributed by atoms with Crippen molar-refractivity contribution in [2.45, 2.75) is 63.9 Å². The van der Waals surface area contributed by atoms with E-state index in [4.69, 9.17) is 19.2 Å². The number of benzene rings is 1. The number of ketones is 1. The monoisotopic (exact) mass is 411 g/mol. The van der Waals surface area contributed by atoms with E-state index in [2.05, 4.69) is 0 Å². The van der Waals surface area contributed by atoms with E-state index < -0.39 is 11.8 Å². The van der Waals surface area contributed by atoms with Crippen molar-refractivity contribution < 1.29 is 23.8 Å². The Balaban J connectivity index is 1.78. The summed E-state index contributed by atoms with van der Waals surface area (Å²) in [4.78, 5) is 31.0. The van der Waals surface area contributed by atoms with Crippen LogP contribution in [-0.4, -0.2) is 37.8 Å². The molecule has 1 aliphatic heterocycles. The number of carbonyl (C=O) groups excluding carboxylic acids is 2. The molecule has 1 heterocycles. The van der Waals surface area contributed by atoms with E-state index in [0.717, 1.165) is 49.8 Å². The summed E-state index contributed by atoms with van der Waals surface area (Å²) in [6.07, 6.45) is 5.99. The number of ether oxygens (including phenoxy) is 3. The Kier molecular flexibility index (Phi) is 5.93. The molecule has 3 aliphatic rings. The molecule has 160 valence electrons. The quantitative estimate of drug-likeness (QED) is 0.673. The van der Waals surface area contributed by atoms with E-state index in [-0.39, 0.29) is 17.9 Å². The Labute approximate surface area is 177 Å². The topological polar surface area (TPSA) is 74.2 Å². The highest BCUT2D eigenvalue weighted by molar-refractivity contribution is 6.08. The van der Waals surface area contributed by atoms with Crippen LogP contribution in [0.2, 0.25) is 0 Å². The third-order valence-corrected chi connectivity index (χ3v) is 6.44. The summed E-state index contributed by atoms with van der Waals surface area (Å²) >= 11 is 0. The number of hydrogen-bond acceptors (Lipinski definition) is 6. The van der Waals surface area contributed by atoms with Crippen LogP contribution in [0.3, 0.4) is 0 Å². The number of aliphatic imine (C=N–C) groups is 1. The number of Topliss-reactive ketones (excluding diaryl/α,β-unsaturated/α-hetero) is 1. The minimum Gasteiger partial charge on any atom is -0.493 e. The zero-order chi connectivity index (χ0) is 21.3. The van der Waals surface area contributed by atoms with Crippen LogP contribution in [0.1, 0.15) is 63.4 Å². The fraction of sp³-hybridized carbons (Fsp3) is 0.542. The molecule has 0 saturated heterocycles. The highest BCUT2D eigenvalue weighted by atomic mass is 16.5. The van der Waals surface area contributed by atoms with Crippen molar-refractivity contribution in [3.63, 3.8) is 0 Å². The number of esters is 1. The predicted molar refractivity (Wildman–Crippen MR) is 113 cm³/mol. The number of allylic oxidation sites excluding steroid dienone is 2. The van der Waals surface area contributed by atoms with Gasteiger partial charge in [0.15, 0.2) is 17.3 Å². The maximum Gasteiger partial charge on any atom is 0.315 e. The van der Waals surface area contributed by atoms with Gasteiger partial charge in [0.2, 0.25) is 0 Å². The van der Waals surface area contributed by atoms with Crippen LogP contribution in [0.15, 0.2) is 34.5 Å². The molecule has 6 heteroatoms. The van der Waals surface area contributed by atoms with E-state index in [1.54, 1.807) is 14.2 Å². The average Bonchev–Trinajstić information content (AvgIpc) is 3.25. The van der Waals surface area contributed by atoms with Crippen molar-refractivity contribution in [2.24, 2.45) is 10.9 Å². The molecule has 0 radical (unpaired) electrons. The third kappa shape index (κ3) is 3.75. The van der Waals surface area contributed by atoms with Crippen molar-refractivity contribution >= 4 is 17.5 Å². The highest BCUT2D eigenvalue weighted by Gasteiger charge is 2.44. The molecule has 1 aromatic rings. The van der Waals surface area contributed by atoms with Crippen molar-refractivity contribution in [3.8, 4) is 11.5 Å². The molecule has 0 aromatic heterocycles. The van der Waals surface area contributed by atoms with Crippen LogP contribution >= 0.6 is 0 Å². The molecule has 6 nitrogen and oxygen atoms in total. The molecular weight excluding hydrogens is 382 g/mol. The summed E-state index contributed by atoms with van der Waals surface area (Å²) < 4.78 is 16.7. The van der Waals surface area contributed by atoms with Crippen molar-refractivity contribution in [1.29, 1.82) is 0 Å². The number of carbonyl (C=O) groups is 2. The van der Waals surface area contributed by atoms with Crippen molar-refractivity contribution in [2.75, 3.05) is 14.2 Å². The lowest BCUT2D eigenvalue weighted by atomic mass is 9.71. The zero-order valence-electron chi connectivity index (χ0n) is 17.9. The molecule has 1 aromatic carbocycles. The van der Waals surface area contributed by atoms with E-state index in [9.17, 15) is 9.59 Å². The van der Waals surface area contributed by atoms with Gasteiger partial charge in [-0.15, -0.1) is 0 Å². The third-order valence-electron chi connectivity index (χ3n) is 6.44. The Morgan fingerprint density at radius 2 is 1.77 bits per heavy atom. The van der Waals surface area contributed by atoms with E-state index >= 15 is 0 Å². The maximum absolute atomic E-state index is 13.3. The first-order valence-electron chi connectivity index (χ1n) is 10.8. The SMILES string of the molecule is COc1ccc([C@H]2C3=C(CCCC3=O)N=C(C)C2C(=O)OC2CCCC2)cc1OC. The lowest BCUT2D eigenvalue weighted by Gasteiger charge is -2.35. The normalized spacial score (nSPS) is 24.4. The summed E-state index contributed by atoms with van der Waals surface area (Å²) in [5, 5.41) is 0. The van der Waals surface area contributed by atoms with Gasteiger partial charge in [0.1, 0.15) is 12.0 Å². The van der Waals surface area contributed by atoms with Gasteiger partial charge in [0, 0.05) is 29.3 Å². The first kappa shape index (κ1) is 20.6. The molecule has 1 unspecified atom stereocenters. The summed E-state index contributed by atoms with van der Waals surface area (Å²) in [6.45, 7) is 1.87. The molecule has 0 bridgehead atoms. The van der Waals surface area contributed by atoms with Gasteiger partial charge in [-0.05, 0) is 63.1 Å². The summed E-state index contributed by atoms with van der Waals surface area (Å²) in [5.41, 5.74) is 3.03. The molecule has 1 saturated carbocycles. The van der Waals surface area contributed by atoms with E-state index in [0.29, 0.717) is 29.2 Å². The molecule has 2 aliphatic carbocycles. The summed E-state index contributed by atoms with van der Waals surface area (Å²) in [5.74, 6) is -0.0532. The minimum absolute atomic E-state index is 0.0335. The molecule has 0 N–H and O–H groups in total. The molecule has 0 amide bonds. The first-order valence-corrected chi connectivity index (χ1v) is 10.8. The van der Waals surface area contributed by atoms with Crippen LogP contribution in [0.5, 0.6) is 11.5 Å². The molecule has 2 atom stereocenters. The number of rotatable bonds is 5. The van der Waals surface area contributed by atoms with Gasteiger partial charge in [-0.2, -0.15) is 0 Å². The number of nitrogens with zero attached hydrogens (tertiary/aromatic N) is 1. The average molecular weight is 411 g/mol. The zero-order valence-corrected chi connectivity index (χ0v) is 17.9. The smallest absolute Gasteiger partial charge is 0.315 e. The molecular formula is C24H29NO5. The highest BCUT2D eigenvalue weighted by Crippen LogP contribution is 2.45. The first-order chi connectivity index (χ1) is 14.5.